The van der Waals surface area contributed by atoms with Gasteiger partial charge in [0, 0.05) is 0 Å². The summed E-state index contributed by atoms with van der Waals surface area (Å²) in [5, 5.41) is 0.737. The van der Waals surface area contributed by atoms with E-state index in [1.165, 1.54) is 11.1 Å². The number of benzene rings is 3. The molecule has 0 radical (unpaired) electrons. The normalized spacial score (nSPS) is 10.9. The second kappa shape index (κ2) is 8.67. The third-order valence-electron chi connectivity index (χ3n) is 5.04. The average Bonchev–Trinajstić information content (AvgIpc) is 3.17. The maximum absolute atomic E-state index is 13.4. The van der Waals surface area contributed by atoms with E-state index in [0.29, 0.717) is 13.0 Å². The zero-order chi connectivity index (χ0) is 21.1. The van der Waals surface area contributed by atoms with E-state index in [2.05, 4.69) is 26.0 Å². The molecule has 0 spiro atoms. The minimum atomic E-state index is 0.0254. The van der Waals surface area contributed by atoms with E-state index < -0.39 is 0 Å². The summed E-state index contributed by atoms with van der Waals surface area (Å²) in [6, 6.07) is 21.9. The number of methoxy groups -OCH3 is 1. The Morgan fingerprint density at radius 3 is 2.43 bits per heavy atom. The predicted octanol–water partition coefficient (Wildman–Crippen LogP) is 5.70. The molecule has 152 valence electrons. The Balaban J connectivity index is 1.68. The molecule has 4 aromatic rings. The summed E-state index contributed by atoms with van der Waals surface area (Å²) < 4.78 is 6.35. The molecule has 0 bridgehead atoms. The van der Waals surface area contributed by atoms with E-state index >= 15 is 0 Å². The van der Waals surface area contributed by atoms with Crippen molar-refractivity contribution in [3.05, 3.63) is 89.0 Å². The van der Waals surface area contributed by atoms with E-state index in [1.807, 2.05) is 54.6 Å². The standard InChI is InChI=1S/C25H24N2O2S/c1-17-13-18(2)24-22(14-17)26-25(30-24)27(16-20-7-5-4-6-8-20)23(28)15-19-9-11-21(29-3)12-10-19/h4-14H,15-16H2,1-3H3. The van der Waals surface area contributed by atoms with Crippen molar-refractivity contribution < 1.29 is 9.53 Å². The molecular weight excluding hydrogens is 392 g/mol. The molecule has 0 atom stereocenters. The highest BCUT2D eigenvalue weighted by molar-refractivity contribution is 7.22. The molecule has 4 rings (SSSR count). The van der Waals surface area contributed by atoms with E-state index in [4.69, 9.17) is 9.72 Å². The highest BCUT2D eigenvalue weighted by atomic mass is 32.1. The van der Waals surface area contributed by atoms with Gasteiger partial charge in [0.15, 0.2) is 5.13 Å². The lowest BCUT2D eigenvalue weighted by Crippen LogP contribution is -2.31. The molecule has 0 N–H and O–H groups in total. The lowest BCUT2D eigenvalue weighted by Gasteiger charge is -2.20. The van der Waals surface area contributed by atoms with Gasteiger partial charge in [-0.2, -0.15) is 0 Å². The van der Waals surface area contributed by atoms with E-state index in [-0.39, 0.29) is 5.91 Å². The van der Waals surface area contributed by atoms with Gasteiger partial charge < -0.3 is 4.74 Å². The van der Waals surface area contributed by atoms with Crippen LogP contribution in [0.25, 0.3) is 10.2 Å². The van der Waals surface area contributed by atoms with Gasteiger partial charge >= 0.3 is 0 Å². The zero-order valence-corrected chi connectivity index (χ0v) is 18.2. The fourth-order valence-electron chi connectivity index (χ4n) is 3.52. The van der Waals surface area contributed by atoms with Crippen LogP contribution >= 0.6 is 11.3 Å². The number of anilines is 1. The van der Waals surface area contributed by atoms with Crippen molar-refractivity contribution in [3.8, 4) is 5.75 Å². The SMILES string of the molecule is COc1ccc(CC(=O)N(Cc2ccccc2)c2nc3cc(C)cc(C)c3s2)cc1. The monoisotopic (exact) mass is 416 g/mol. The molecule has 1 heterocycles. The van der Waals surface area contributed by atoms with Crippen LogP contribution in [0.3, 0.4) is 0 Å². The Morgan fingerprint density at radius 2 is 1.73 bits per heavy atom. The fourth-order valence-corrected chi connectivity index (χ4v) is 4.55. The van der Waals surface area contributed by atoms with Gasteiger partial charge in [0.2, 0.25) is 5.91 Å². The quantitative estimate of drug-likeness (QED) is 0.405. The largest absolute Gasteiger partial charge is 0.497 e. The van der Waals surface area contributed by atoms with Crippen LogP contribution in [0.1, 0.15) is 22.3 Å². The van der Waals surface area contributed by atoms with Crippen LogP contribution in [0.15, 0.2) is 66.7 Å². The predicted molar refractivity (Wildman–Crippen MR) is 123 cm³/mol. The number of carbonyl (C=O) groups excluding carboxylic acids is 1. The van der Waals surface area contributed by atoms with Crippen molar-refractivity contribution in [1.82, 2.24) is 4.98 Å². The second-order valence-corrected chi connectivity index (χ2v) is 8.39. The number of nitrogens with zero attached hydrogens (tertiary/aromatic N) is 2. The average molecular weight is 417 g/mol. The Kier molecular flexibility index (Phi) is 5.81. The Morgan fingerprint density at radius 1 is 1.00 bits per heavy atom. The topological polar surface area (TPSA) is 42.4 Å². The lowest BCUT2D eigenvalue weighted by atomic mass is 10.1. The summed E-state index contributed by atoms with van der Waals surface area (Å²) in [5.41, 5.74) is 5.34. The minimum Gasteiger partial charge on any atom is -0.497 e. The molecule has 5 heteroatoms. The molecule has 4 nitrogen and oxygen atoms in total. The summed E-state index contributed by atoms with van der Waals surface area (Å²) in [6.45, 7) is 4.66. The number of ether oxygens (including phenoxy) is 1. The molecule has 1 aromatic heterocycles. The number of aryl methyl sites for hydroxylation is 2. The molecule has 3 aromatic carbocycles. The molecule has 1 amide bonds. The van der Waals surface area contributed by atoms with Crippen LogP contribution in [-0.2, 0) is 17.8 Å². The Hall–Kier alpha value is -3.18. The number of rotatable bonds is 6. The first-order valence-electron chi connectivity index (χ1n) is 9.88. The molecular formula is C25H24N2O2S. The van der Waals surface area contributed by atoms with Gasteiger partial charge in [0.05, 0.1) is 30.3 Å². The van der Waals surface area contributed by atoms with Gasteiger partial charge in [-0.25, -0.2) is 4.98 Å². The van der Waals surface area contributed by atoms with Crippen LogP contribution in [-0.4, -0.2) is 18.0 Å². The Labute approximate surface area is 180 Å². The maximum atomic E-state index is 13.4. The lowest BCUT2D eigenvalue weighted by molar-refractivity contribution is -0.118. The van der Waals surface area contributed by atoms with Crippen LogP contribution in [0, 0.1) is 13.8 Å². The number of amides is 1. The highest BCUT2D eigenvalue weighted by Gasteiger charge is 2.21. The molecule has 0 aliphatic carbocycles. The zero-order valence-electron chi connectivity index (χ0n) is 17.4. The van der Waals surface area contributed by atoms with Gasteiger partial charge in [-0.3, -0.25) is 9.69 Å². The summed E-state index contributed by atoms with van der Waals surface area (Å²) in [7, 11) is 1.64. The number of hydrogen-bond acceptors (Lipinski definition) is 4. The van der Waals surface area contributed by atoms with Crippen molar-refractivity contribution in [1.29, 1.82) is 0 Å². The van der Waals surface area contributed by atoms with Crippen molar-refractivity contribution in [3.63, 3.8) is 0 Å². The fraction of sp³-hybridized carbons (Fsp3) is 0.200. The Bertz CT molecular complexity index is 1170. The van der Waals surface area contributed by atoms with Crippen molar-refractivity contribution >= 4 is 32.6 Å². The van der Waals surface area contributed by atoms with Crippen molar-refractivity contribution in [2.45, 2.75) is 26.8 Å². The van der Waals surface area contributed by atoms with E-state index in [9.17, 15) is 4.79 Å². The van der Waals surface area contributed by atoms with E-state index in [0.717, 1.165) is 32.2 Å². The van der Waals surface area contributed by atoms with Crippen molar-refractivity contribution in [2.24, 2.45) is 0 Å². The highest BCUT2D eigenvalue weighted by Crippen LogP contribution is 2.33. The van der Waals surface area contributed by atoms with Gasteiger partial charge in [-0.15, -0.1) is 0 Å². The van der Waals surface area contributed by atoms with Crippen LogP contribution < -0.4 is 9.64 Å². The first-order valence-corrected chi connectivity index (χ1v) is 10.7. The first kappa shape index (κ1) is 20.1. The molecule has 0 fully saturated rings. The molecule has 0 aliphatic rings. The van der Waals surface area contributed by atoms with Crippen LogP contribution in [0.5, 0.6) is 5.75 Å². The number of fused-ring (bicyclic) bond motifs is 1. The summed E-state index contributed by atoms with van der Waals surface area (Å²) in [5.74, 6) is 0.807. The first-order chi connectivity index (χ1) is 14.5. The minimum absolute atomic E-state index is 0.0254. The summed E-state index contributed by atoms with van der Waals surface area (Å²) >= 11 is 1.58. The molecule has 0 saturated carbocycles. The van der Waals surface area contributed by atoms with E-state index in [1.54, 1.807) is 23.3 Å². The van der Waals surface area contributed by atoms with Crippen LogP contribution in [0.4, 0.5) is 5.13 Å². The third-order valence-corrected chi connectivity index (χ3v) is 6.27. The molecule has 0 aliphatic heterocycles. The smallest absolute Gasteiger partial charge is 0.233 e. The number of thiazole rings is 1. The second-order valence-electron chi connectivity index (χ2n) is 7.42. The number of aromatic nitrogens is 1. The molecule has 0 saturated heterocycles. The number of hydrogen-bond donors (Lipinski definition) is 0. The van der Waals surface area contributed by atoms with Crippen molar-refractivity contribution in [2.75, 3.05) is 12.0 Å². The van der Waals surface area contributed by atoms with Gasteiger partial charge in [-0.1, -0.05) is 59.9 Å². The van der Waals surface area contributed by atoms with Gasteiger partial charge in [0.25, 0.3) is 0 Å². The maximum Gasteiger partial charge on any atom is 0.233 e. The molecule has 0 unspecified atom stereocenters. The summed E-state index contributed by atoms with van der Waals surface area (Å²) in [6.07, 6.45) is 0.310. The number of carbonyl (C=O) groups is 1. The van der Waals surface area contributed by atoms with Gasteiger partial charge in [0.1, 0.15) is 5.75 Å². The van der Waals surface area contributed by atoms with Gasteiger partial charge in [-0.05, 0) is 54.3 Å². The third kappa shape index (κ3) is 4.36. The van der Waals surface area contributed by atoms with Crippen LogP contribution in [0.2, 0.25) is 0 Å². The molecule has 30 heavy (non-hydrogen) atoms. The summed E-state index contributed by atoms with van der Waals surface area (Å²) in [4.78, 5) is 20.0.